The number of nitrogens with one attached hydrogen (secondary N) is 4. The standard InChI is InChI=1S/C36H54N6O8/c1-10-14-24(28(44)31(46)37-20-25(43)39-26(32(47)41(8)9)21-15-12-11-13-16-21)38-30(45)27-22-17-18-23(19-22)42(27)33(48)29(35(2,3)4)40-34(49)50-36(5,6)7/h11-13,15-16,22-24,26-27,29H,10,14,17-20H2,1-9H3,(H,37,46)(H,38,45)(H,39,43)(H,40,49)/t22?,23?,24?,26-,27+,29-/m1/s1. The van der Waals surface area contributed by atoms with Crippen molar-refractivity contribution >= 4 is 41.4 Å². The van der Waals surface area contributed by atoms with Crippen molar-refractivity contribution in [1.29, 1.82) is 0 Å². The Bertz CT molecular complexity index is 1430. The van der Waals surface area contributed by atoms with Crippen molar-refractivity contribution in [3.05, 3.63) is 35.9 Å². The Morgan fingerprint density at radius 1 is 0.920 bits per heavy atom. The zero-order chi connectivity index (χ0) is 37.6. The number of alkyl carbamates (subject to hydrolysis) is 1. The molecule has 50 heavy (non-hydrogen) atoms. The highest BCUT2D eigenvalue weighted by Gasteiger charge is 2.54. The maximum atomic E-state index is 14.1. The van der Waals surface area contributed by atoms with Crippen LogP contribution in [0, 0.1) is 11.3 Å². The Kier molecular flexibility index (Phi) is 13.2. The van der Waals surface area contributed by atoms with Crippen LogP contribution in [0.15, 0.2) is 30.3 Å². The molecule has 6 atom stereocenters. The van der Waals surface area contributed by atoms with E-state index in [-0.39, 0.29) is 24.3 Å². The van der Waals surface area contributed by atoms with Crippen molar-refractivity contribution in [2.45, 2.75) is 116 Å². The molecule has 0 spiro atoms. The minimum atomic E-state index is -1.20. The van der Waals surface area contributed by atoms with Crippen LogP contribution in [-0.4, -0.2) is 102 Å². The fourth-order valence-electron chi connectivity index (χ4n) is 6.49. The van der Waals surface area contributed by atoms with Crippen molar-refractivity contribution in [3.63, 3.8) is 0 Å². The predicted octanol–water partition coefficient (Wildman–Crippen LogP) is 2.22. The van der Waals surface area contributed by atoms with Crippen molar-refractivity contribution < 1.29 is 38.3 Å². The summed E-state index contributed by atoms with van der Waals surface area (Å²) in [7, 11) is 3.12. The third kappa shape index (κ3) is 10.3. The number of carbonyl (C=O) groups is 7. The van der Waals surface area contributed by atoms with Gasteiger partial charge in [-0.15, -0.1) is 0 Å². The lowest BCUT2D eigenvalue weighted by Gasteiger charge is -2.40. The number of likely N-dealkylation sites (N-methyl/N-ethyl adjacent to an activating group) is 1. The number of ether oxygens (including phenoxy) is 1. The van der Waals surface area contributed by atoms with Gasteiger partial charge in [-0.25, -0.2) is 4.79 Å². The first-order chi connectivity index (χ1) is 23.2. The fourth-order valence-corrected chi connectivity index (χ4v) is 6.49. The highest BCUT2D eigenvalue weighted by atomic mass is 16.6. The topological polar surface area (TPSA) is 183 Å². The van der Waals surface area contributed by atoms with Crippen LogP contribution < -0.4 is 21.3 Å². The second kappa shape index (κ2) is 16.5. The summed E-state index contributed by atoms with van der Waals surface area (Å²) in [6.45, 7) is 11.8. The van der Waals surface area contributed by atoms with Gasteiger partial charge >= 0.3 is 6.09 Å². The zero-order valence-corrected chi connectivity index (χ0v) is 30.8. The number of hydrogen-bond donors (Lipinski definition) is 4. The third-order valence-corrected chi connectivity index (χ3v) is 8.85. The van der Waals surface area contributed by atoms with Crippen LogP contribution in [-0.2, 0) is 33.5 Å². The molecule has 1 aliphatic carbocycles. The van der Waals surface area contributed by atoms with E-state index in [1.165, 1.54) is 9.80 Å². The highest BCUT2D eigenvalue weighted by molar-refractivity contribution is 6.38. The number of nitrogens with zero attached hydrogens (tertiary/aromatic N) is 2. The Morgan fingerprint density at radius 3 is 2.12 bits per heavy atom. The van der Waals surface area contributed by atoms with Gasteiger partial charge in [0.15, 0.2) is 0 Å². The van der Waals surface area contributed by atoms with Crippen molar-refractivity contribution in [2.75, 3.05) is 20.6 Å². The molecular formula is C36H54N6O8. The largest absolute Gasteiger partial charge is 0.444 e. The number of carbonyl (C=O) groups excluding carboxylic acids is 7. The van der Waals surface area contributed by atoms with E-state index in [2.05, 4.69) is 21.3 Å². The van der Waals surface area contributed by atoms with Gasteiger partial charge < -0.3 is 35.8 Å². The molecule has 6 amide bonds. The molecule has 4 N–H and O–H groups in total. The molecule has 1 aromatic carbocycles. The van der Waals surface area contributed by atoms with Crippen molar-refractivity contribution in [2.24, 2.45) is 11.3 Å². The Balaban J connectivity index is 1.70. The number of benzene rings is 1. The van der Waals surface area contributed by atoms with E-state index >= 15 is 0 Å². The minimum absolute atomic E-state index is 0.150. The molecule has 1 aliphatic heterocycles. The second-order valence-electron chi connectivity index (χ2n) is 15.4. The summed E-state index contributed by atoms with van der Waals surface area (Å²) < 4.78 is 5.42. The van der Waals surface area contributed by atoms with Gasteiger partial charge in [-0.05, 0) is 63.4 Å². The summed E-state index contributed by atoms with van der Waals surface area (Å²) in [6, 6.07) is 4.33. The molecule has 2 fully saturated rings. The van der Waals surface area contributed by atoms with Crippen LogP contribution in [0.3, 0.4) is 0 Å². The van der Waals surface area contributed by atoms with Gasteiger partial charge in [0.05, 0.1) is 12.6 Å². The van der Waals surface area contributed by atoms with E-state index < -0.39 is 77.2 Å². The maximum Gasteiger partial charge on any atom is 0.408 e. The average molecular weight is 699 g/mol. The first-order valence-corrected chi connectivity index (χ1v) is 17.2. The van der Waals surface area contributed by atoms with Gasteiger partial charge in [0.1, 0.15) is 23.7 Å². The Hall–Kier alpha value is -4.49. The summed E-state index contributed by atoms with van der Waals surface area (Å²) in [6.07, 6.45) is 1.89. The lowest BCUT2D eigenvalue weighted by Crippen LogP contribution is -2.62. The number of Topliss-reactive ketones (excluding diaryl/α,β-unsaturated/α-hetero) is 1. The smallest absolute Gasteiger partial charge is 0.408 e. The van der Waals surface area contributed by atoms with Gasteiger partial charge in [-0.2, -0.15) is 0 Å². The monoisotopic (exact) mass is 698 g/mol. The molecule has 0 radical (unpaired) electrons. The Morgan fingerprint density at radius 2 is 1.56 bits per heavy atom. The van der Waals surface area contributed by atoms with Gasteiger partial charge in [-0.3, -0.25) is 28.8 Å². The van der Waals surface area contributed by atoms with Gasteiger partial charge in [0, 0.05) is 20.1 Å². The van der Waals surface area contributed by atoms with Gasteiger partial charge in [-0.1, -0.05) is 64.4 Å². The molecule has 276 valence electrons. The highest BCUT2D eigenvalue weighted by Crippen LogP contribution is 2.43. The molecule has 2 bridgehead atoms. The number of ketones is 1. The summed E-state index contributed by atoms with van der Waals surface area (Å²) in [5.41, 5.74) is -0.949. The SMILES string of the molecule is CCCC(NC(=O)[C@@H]1C2CCC(C2)N1C(=O)[C@@H](NC(=O)OC(C)(C)C)C(C)(C)C)C(=O)C(=O)NCC(=O)N[C@@H](C(=O)N(C)C)c1ccccc1. The zero-order valence-electron chi connectivity index (χ0n) is 30.8. The summed E-state index contributed by atoms with van der Waals surface area (Å²) in [4.78, 5) is 95.5. The fraction of sp³-hybridized carbons (Fsp3) is 0.639. The van der Waals surface area contributed by atoms with Crippen LogP contribution in [0.25, 0.3) is 0 Å². The molecule has 0 aromatic heterocycles. The average Bonchev–Trinajstić information content (AvgIpc) is 3.65. The summed E-state index contributed by atoms with van der Waals surface area (Å²) >= 11 is 0. The third-order valence-electron chi connectivity index (χ3n) is 8.85. The van der Waals surface area contributed by atoms with Crippen LogP contribution in [0.1, 0.15) is 92.2 Å². The lowest BCUT2D eigenvalue weighted by atomic mass is 9.85. The maximum absolute atomic E-state index is 14.1. The number of rotatable bonds is 13. The van der Waals surface area contributed by atoms with Crippen molar-refractivity contribution in [3.8, 4) is 0 Å². The van der Waals surface area contributed by atoms with Crippen molar-refractivity contribution in [1.82, 2.24) is 31.1 Å². The van der Waals surface area contributed by atoms with Crippen LogP contribution in [0.2, 0.25) is 0 Å². The quantitative estimate of drug-likeness (QED) is 0.226. The normalized spacial score (nSPS) is 20.2. The first-order valence-electron chi connectivity index (χ1n) is 17.2. The minimum Gasteiger partial charge on any atom is -0.444 e. The Labute approximate surface area is 294 Å². The molecule has 3 rings (SSSR count). The molecule has 1 saturated heterocycles. The first kappa shape index (κ1) is 39.9. The predicted molar refractivity (Wildman–Crippen MR) is 185 cm³/mol. The van der Waals surface area contributed by atoms with Crippen LogP contribution >= 0.6 is 0 Å². The summed E-state index contributed by atoms with van der Waals surface area (Å²) in [5.74, 6) is -4.18. The van der Waals surface area contributed by atoms with E-state index in [0.29, 0.717) is 31.2 Å². The number of likely N-dealkylation sites (tertiary alicyclic amines) is 1. The van der Waals surface area contributed by atoms with E-state index in [1.54, 1.807) is 72.1 Å². The molecule has 1 heterocycles. The van der Waals surface area contributed by atoms with Crippen LogP contribution in [0.5, 0.6) is 0 Å². The van der Waals surface area contributed by atoms with E-state index in [0.717, 1.165) is 0 Å². The van der Waals surface area contributed by atoms with E-state index in [1.807, 2.05) is 20.8 Å². The number of piperidine rings is 1. The lowest BCUT2D eigenvalue weighted by molar-refractivity contribution is -0.147. The molecule has 1 saturated carbocycles. The van der Waals surface area contributed by atoms with E-state index in [4.69, 9.17) is 4.74 Å². The summed E-state index contributed by atoms with van der Waals surface area (Å²) in [5, 5.41) is 10.4. The number of fused-ring (bicyclic) bond motifs is 2. The molecule has 2 aliphatic rings. The van der Waals surface area contributed by atoms with Gasteiger partial charge in [0.25, 0.3) is 5.91 Å². The van der Waals surface area contributed by atoms with Gasteiger partial charge in [0.2, 0.25) is 29.4 Å². The second-order valence-corrected chi connectivity index (χ2v) is 15.4. The molecular weight excluding hydrogens is 644 g/mol. The molecule has 1 aromatic rings. The van der Waals surface area contributed by atoms with Crippen LogP contribution in [0.4, 0.5) is 4.79 Å². The number of hydrogen-bond acceptors (Lipinski definition) is 8. The molecule has 14 nitrogen and oxygen atoms in total. The van der Waals surface area contributed by atoms with E-state index in [9.17, 15) is 33.6 Å². The molecule has 14 heteroatoms. The molecule has 3 unspecified atom stereocenters. The number of amides is 6.